The molecule has 0 unspecified atom stereocenters. The number of hydrogen-bond acceptors (Lipinski definition) is 4. The maximum absolute atomic E-state index is 12.9. The van der Waals surface area contributed by atoms with Gasteiger partial charge in [0, 0.05) is 17.8 Å². The van der Waals surface area contributed by atoms with E-state index < -0.39 is 5.97 Å². The molecule has 1 N–H and O–H groups in total. The van der Waals surface area contributed by atoms with Gasteiger partial charge in [-0.25, -0.2) is 24.1 Å². The summed E-state index contributed by atoms with van der Waals surface area (Å²) in [6, 6.07) is 7.57. The molecule has 7 heteroatoms. The Bertz CT molecular complexity index is 799. The van der Waals surface area contributed by atoms with Gasteiger partial charge in [0.1, 0.15) is 24.3 Å². The van der Waals surface area contributed by atoms with E-state index in [1.807, 2.05) is 0 Å². The predicted octanol–water partition coefficient (Wildman–Crippen LogP) is 2.17. The summed E-state index contributed by atoms with van der Waals surface area (Å²) in [5.74, 6) is -0.959. The van der Waals surface area contributed by atoms with Gasteiger partial charge in [-0.05, 0) is 24.3 Å². The predicted molar refractivity (Wildman–Crippen MR) is 71.5 cm³/mol. The van der Waals surface area contributed by atoms with Crippen molar-refractivity contribution in [2.24, 2.45) is 0 Å². The van der Waals surface area contributed by atoms with E-state index in [1.165, 1.54) is 35.6 Å². The Morgan fingerprint density at radius 2 is 1.90 bits per heavy atom. The molecule has 6 nitrogen and oxygen atoms in total. The van der Waals surface area contributed by atoms with Crippen LogP contribution in [0.25, 0.3) is 17.1 Å². The lowest BCUT2D eigenvalue weighted by Gasteiger charge is -2.04. The smallest absolute Gasteiger partial charge is 0.356 e. The van der Waals surface area contributed by atoms with Crippen LogP contribution in [-0.4, -0.2) is 30.6 Å². The van der Waals surface area contributed by atoms with Crippen LogP contribution in [0.15, 0.2) is 49.2 Å². The summed E-state index contributed by atoms with van der Waals surface area (Å²) in [5, 5.41) is 8.86. The molecule has 0 saturated heterocycles. The summed E-state index contributed by atoms with van der Waals surface area (Å²) in [7, 11) is 0. The van der Waals surface area contributed by atoms with Crippen molar-refractivity contribution in [3.05, 3.63) is 60.7 Å². The van der Waals surface area contributed by atoms with Gasteiger partial charge in [-0.15, -0.1) is 0 Å². The van der Waals surface area contributed by atoms with Crippen LogP contribution in [0.3, 0.4) is 0 Å². The second-order valence-electron chi connectivity index (χ2n) is 4.24. The third-order valence-electron chi connectivity index (χ3n) is 2.86. The molecule has 0 radical (unpaired) electrons. The Kier molecular flexibility index (Phi) is 3.15. The fourth-order valence-corrected chi connectivity index (χ4v) is 1.83. The van der Waals surface area contributed by atoms with Crippen molar-refractivity contribution in [3.63, 3.8) is 0 Å². The molecule has 3 aromatic rings. The topological polar surface area (TPSA) is 80.9 Å². The van der Waals surface area contributed by atoms with Crippen LogP contribution in [-0.2, 0) is 0 Å². The molecule has 3 rings (SSSR count). The van der Waals surface area contributed by atoms with Crippen molar-refractivity contribution >= 4 is 5.97 Å². The van der Waals surface area contributed by atoms with E-state index in [2.05, 4.69) is 15.0 Å². The van der Waals surface area contributed by atoms with Gasteiger partial charge in [0.15, 0.2) is 5.69 Å². The van der Waals surface area contributed by atoms with Crippen molar-refractivity contribution in [3.8, 4) is 17.1 Å². The van der Waals surface area contributed by atoms with E-state index in [-0.39, 0.29) is 11.5 Å². The average Bonchev–Trinajstić information content (AvgIpc) is 2.98. The first-order chi connectivity index (χ1) is 10.1. The van der Waals surface area contributed by atoms with Crippen molar-refractivity contribution < 1.29 is 14.3 Å². The summed E-state index contributed by atoms with van der Waals surface area (Å²) >= 11 is 0. The molecule has 0 bridgehead atoms. The molecule has 104 valence electrons. The highest BCUT2D eigenvalue weighted by Gasteiger charge is 2.09. The van der Waals surface area contributed by atoms with Gasteiger partial charge < -0.3 is 5.11 Å². The SMILES string of the molecule is O=C(O)c1cn(-c2cc(-c3ccc(F)cc3)ncn2)cn1. The Morgan fingerprint density at radius 3 is 2.57 bits per heavy atom. The molecule has 0 atom stereocenters. The zero-order valence-electron chi connectivity index (χ0n) is 10.6. The summed E-state index contributed by atoms with van der Waals surface area (Å²) in [4.78, 5) is 22.8. The number of rotatable bonds is 3. The van der Waals surface area contributed by atoms with Gasteiger partial charge in [-0.2, -0.15) is 0 Å². The van der Waals surface area contributed by atoms with Crippen molar-refractivity contribution in [2.75, 3.05) is 0 Å². The lowest BCUT2D eigenvalue weighted by Crippen LogP contribution is -1.98. The Labute approximate surface area is 118 Å². The van der Waals surface area contributed by atoms with Crippen molar-refractivity contribution in [1.29, 1.82) is 0 Å². The van der Waals surface area contributed by atoms with E-state index in [4.69, 9.17) is 5.11 Å². The number of aromatic carboxylic acids is 1. The number of aromatic nitrogens is 4. The molecule has 0 saturated carbocycles. The normalized spacial score (nSPS) is 10.5. The van der Waals surface area contributed by atoms with Gasteiger partial charge >= 0.3 is 5.97 Å². The quantitative estimate of drug-likeness (QED) is 0.797. The maximum Gasteiger partial charge on any atom is 0.356 e. The lowest BCUT2D eigenvalue weighted by atomic mass is 10.1. The molecule has 0 spiro atoms. The number of benzene rings is 1. The average molecular weight is 284 g/mol. The highest BCUT2D eigenvalue weighted by atomic mass is 19.1. The lowest BCUT2D eigenvalue weighted by molar-refractivity contribution is 0.0691. The first-order valence-corrected chi connectivity index (χ1v) is 5.99. The number of halogens is 1. The van der Waals surface area contributed by atoms with Crippen LogP contribution in [0.5, 0.6) is 0 Å². The third kappa shape index (κ3) is 2.62. The highest BCUT2D eigenvalue weighted by molar-refractivity contribution is 5.85. The number of carboxylic acids is 1. The molecule has 0 fully saturated rings. The first-order valence-electron chi connectivity index (χ1n) is 5.99. The molecule has 2 heterocycles. The van der Waals surface area contributed by atoms with Gasteiger partial charge in [0.25, 0.3) is 0 Å². The van der Waals surface area contributed by atoms with Crippen LogP contribution in [0.2, 0.25) is 0 Å². The fourth-order valence-electron chi connectivity index (χ4n) is 1.83. The number of carbonyl (C=O) groups is 1. The molecular formula is C14H9FN4O2. The molecule has 0 aliphatic carbocycles. The maximum atomic E-state index is 12.9. The molecule has 0 aliphatic rings. The number of imidazole rings is 1. The second kappa shape index (κ2) is 5.12. The van der Waals surface area contributed by atoms with Gasteiger partial charge in [-0.3, -0.25) is 4.57 Å². The van der Waals surface area contributed by atoms with Crippen LogP contribution in [0, 0.1) is 5.82 Å². The van der Waals surface area contributed by atoms with Gasteiger partial charge in [0.05, 0.1) is 5.69 Å². The minimum Gasteiger partial charge on any atom is -0.476 e. The zero-order chi connectivity index (χ0) is 14.8. The number of nitrogens with zero attached hydrogens (tertiary/aromatic N) is 4. The van der Waals surface area contributed by atoms with Gasteiger partial charge in [0.2, 0.25) is 0 Å². The van der Waals surface area contributed by atoms with E-state index >= 15 is 0 Å². The van der Waals surface area contributed by atoms with Gasteiger partial charge in [-0.1, -0.05) is 0 Å². The minimum absolute atomic E-state index is 0.0723. The summed E-state index contributed by atoms with van der Waals surface area (Å²) in [5.41, 5.74) is 1.26. The summed E-state index contributed by atoms with van der Waals surface area (Å²) < 4.78 is 14.4. The number of carboxylic acid groups (broad SMARTS) is 1. The van der Waals surface area contributed by atoms with Crippen LogP contribution in [0.4, 0.5) is 4.39 Å². The Hall–Kier alpha value is -3.09. The largest absolute Gasteiger partial charge is 0.476 e. The van der Waals surface area contributed by atoms with E-state index in [9.17, 15) is 9.18 Å². The van der Waals surface area contributed by atoms with E-state index in [1.54, 1.807) is 18.2 Å². The standard InChI is InChI=1S/C14H9FN4O2/c15-10-3-1-9(2-4-10)11-5-13(17-7-16-11)19-6-12(14(20)21)18-8-19/h1-8H,(H,20,21). The minimum atomic E-state index is -1.11. The molecular weight excluding hydrogens is 275 g/mol. The Balaban J connectivity index is 1.99. The summed E-state index contributed by atoms with van der Waals surface area (Å²) in [6.45, 7) is 0. The third-order valence-corrected chi connectivity index (χ3v) is 2.86. The van der Waals surface area contributed by atoms with Crippen molar-refractivity contribution in [1.82, 2.24) is 19.5 Å². The molecule has 1 aromatic carbocycles. The Morgan fingerprint density at radius 1 is 1.14 bits per heavy atom. The monoisotopic (exact) mass is 284 g/mol. The molecule has 21 heavy (non-hydrogen) atoms. The van der Waals surface area contributed by atoms with E-state index in [0.29, 0.717) is 11.5 Å². The van der Waals surface area contributed by atoms with Crippen LogP contribution in [0.1, 0.15) is 10.5 Å². The second-order valence-corrected chi connectivity index (χ2v) is 4.24. The molecule has 2 aromatic heterocycles. The first kappa shape index (κ1) is 12.9. The number of hydrogen-bond donors (Lipinski definition) is 1. The highest BCUT2D eigenvalue weighted by Crippen LogP contribution is 2.18. The fraction of sp³-hybridized carbons (Fsp3) is 0. The zero-order valence-corrected chi connectivity index (χ0v) is 10.6. The molecule has 0 aliphatic heterocycles. The van der Waals surface area contributed by atoms with Crippen molar-refractivity contribution in [2.45, 2.75) is 0 Å². The molecule has 0 amide bonds. The summed E-state index contributed by atoms with van der Waals surface area (Å²) in [6.07, 6.45) is 4.08. The van der Waals surface area contributed by atoms with E-state index in [0.717, 1.165) is 5.56 Å². The van der Waals surface area contributed by atoms with Crippen LogP contribution >= 0.6 is 0 Å². The van der Waals surface area contributed by atoms with Crippen LogP contribution < -0.4 is 0 Å².